The molecule has 1 atom stereocenters. The van der Waals surface area contributed by atoms with E-state index in [-0.39, 0.29) is 6.09 Å². The van der Waals surface area contributed by atoms with Crippen LogP contribution in [0.15, 0.2) is 21.8 Å². The molecule has 7 heteroatoms. The number of aliphatic imine (C=N–C) groups is 1. The molecule has 23 heavy (non-hydrogen) atoms. The molecule has 1 aliphatic heterocycles. The standard InChI is InChI=1S/C16H26N4O2S/c1-12(13-6-9-23-11-13)10-18-15(17-2)19-14-4-7-20(8-5-14)16(21)22-3/h6,9,11-12,14H,4-5,7-8,10H2,1-3H3,(H2,17,18,19). The van der Waals surface area contributed by atoms with E-state index in [1.165, 1.54) is 12.7 Å². The average Bonchev–Trinajstić information content (AvgIpc) is 3.12. The Hall–Kier alpha value is -1.76. The van der Waals surface area contributed by atoms with Crippen LogP contribution in [0, 0.1) is 0 Å². The molecular weight excluding hydrogens is 312 g/mol. The Labute approximate surface area is 141 Å². The number of guanidine groups is 1. The summed E-state index contributed by atoms with van der Waals surface area (Å²) in [4.78, 5) is 17.5. The van der Waals surface area contributed by atoms with Gasteiger partial charge in [-0.15, -0.1) is 0 Å². The summed E-state index contributed by atoms with van der Waals surface area (Å²) >= 11 is 1.72. The summed E-state index contributed by atoms with van der Waals surface area (Å²) in [6.07, 6.45) is 1.56. The summed E-state index contributed by atoms with van der Waals surface area (Å²) in [5.41, 5.74) is 1.35. The molecule has 1 aromatic rings. The fourth-order valence-corrected chi connectivity index (χ4v) is 3.43. The Morgan fingerprint density at radius 3 is 2.83 bits per heavy atom. The predicted octanol–water partition coefficient (Wildman–Crippen LogP) is 2.25. The maximum atomic E-state index is 11.5. The molecule has 2 rings (SSSR count). The van der Waals surface area contributed by atoms with E-state index >= 15 is 0 Å². The second-order valence-electron chi connectivity index (χ2n) is 5.79. The fourth-order valence-electron chi connectivity index (χ4n) is 2.65. The fraction of sp³-hybridized carbons (Fsp3) is 0.625. The van der Waals surface area contributed by atoms with Crippen LogP contribution >= 0.6 is 11.3 Å². The Bertz CT molecular complexity index is 510. The quantitative estimate of drug-likeness (QED) is 0.653. The number of amides is 1. The summed E-state index contributed by atoms with van der Waals surface area (Å²) in [6, 6.07) is 2.49. The zero-order valence-electron chi connectivity index (χ0n) is 14.0. The zero-order valence-corrected chi connectivity index (χ0v) is 14.9. The van der Waals surface area contributed by atoms with E-state index in [2.05, 4.69) is 39.4 Å². The van der Waals surface area contributed by atoms with Crippen LogP contribution in [0.5, 0.6) is 0 Å². The van der Waals surface area contributed by atoms with Crippen molar-refractivity contribution in [3.63, 3.8) is 0 Å². The summed E-state index contributed by atoms with van der Waals surface area (Å²) in [5.74, 6) is 1.27. The molecular formula is C16H26N4O2S. The van der Waals surface area contributed by atoms with Gasteiger partial charge in [0, 0.05) is 32.7 Å². The number of carbonyl (C=O) groups is 1. The van der Waals surface area contributed by atoms with Gasteiger partial charge in [-0.1, -0.05) is 6.92 Å². The molecule has 2 heterocycles. The molecule has 0 aliphatic carbocycles. The molecule has 1 aliphatic rings. The normalized spacial score (nSPS) is 17.7. The minimum Gasteiger partial charge on any atom is -0.453 e. The third kappa shape index (κ3) is 5.13. The summed E-state index contributed by atoms with van der Waals surface area (Å²) < 4.78 is 4.76. The van der Waals surface area contributed by atoms with Crippen LogP contribution in [0.1, 0.15) is 31.2 Å². The lowest BCUT2D eigenvalue weighted by atomic mass is 10.0. The minimum absolute atomic E-state index is 0.240. The number of hydrogen-bond donors (Lipinski definition) is 2. The van der Waals surface area contributed by atoms with Gasteiger partial charge in [-0.3, -0.25) is 4.99 Å². The third-order valence-electron chi connectivity index (χ3n) is 4.18. The second kappa shape index (κ2) is 8.76. The molecule has 0 bridgehead atoms. The molecule has 1 amide bonds. The highest BCUT2D eigenvalue weighted by atomic mass is 32.1. The van der Waals surface area contributed by atoms with Crippen molar-refractivity contribution in [2.24, 2.45) is 4.99 Å². The number of ether oxygens (including phenoxy) is 1. The molecule has 0 saturated carbocycles. The molecule has 2 N–H and O–H groups in total. The Kier molecular flexibility index (Phi) is 6.70. The first-order valence-corrected chi connectivity index (χ1v) is 8.90. The lowest BCUT2D eigenvalue weighted by Crippen LogP contribution is -2.50. The predicted molar refractivity (Wildman–Crippen MR) is 94.2 cm³/mol. The van der Waals surface area contributed by atoms with Crippen molar-refractivity contribution in [2.45, 2.75) is 31.7 Å². The monoisotopic (exact) mass is 338 g/mol. The van der Waals surface area contributed by atoms with Gasteiger partial charge in [0.15, 0.2) is 5.96 Å². The number of nitrogens with one attached hydrogen (secondary N) is 2. The number of hydrogen-bond acceptors (Lipinski definition) is 4. The van der Waals surface area contributed by atoms with Crippen molar-refractivity contribution in [1.29, 1.82) is 0 Å². The Morgan fingerprint density at radius 2 is 2.26 bits per heavy atom. The maximum absolute atomic E-state index is 11.5. The second-order valence-corrected chi connectivity index (χ2v) is 6.57. The van der Waals surface area contributed by atoms with E-state index in [9.17, 15) is 4.79 Å². The maximum Gasteiger partial charge on any atom is 0.409 e. The molecule has 128 valence electrons. The summed E-state index contributed by atoms with van der Waals surface area (Å²) in [5, 5.41) is 11.1. The van der Waals surface area contributed by atoms with Gasteiger partial charge in [0.2, 0.25) is 0 Å². The number of nitrogens with zero attached hydrogens (tertiary/aromatic N) is 2. The van der Waals surface area contributed by atoms with Crippen LogP contribution in [0.25, 0.3) is 0 Å². The van der Waals surface area contributed by atoms with Crippen LogP contribution in [0.4, 0.5) is 4.79 Å². The minimum atomic E-state index is -0.240. The van der Waals surface area contributed by atoms with Crippen molar-refractivity contribution < 1.29 is 9.53 Å². The molecule has 0 aromatic carbocycles. The number of carbonyl (C=O) groups excluding carboxylic acids is 1. The molecule has 1 unspecified atom stereocenters. The SMILES string of the molecule is CN=C(NCC(C)c1ccsc1)NC1CCN(C(=O)OC)CC1. The van der Waals surface area contributed by atoms with Gasteiger partial charge in [-0.2, -0.15) is 11.3 Å². The number of methoxy groups -OCH3 is 1. The van der Waals surface area contributed by atoms with Crippen molar-refractivity contribution in [1.82, 2.24) is 15.5 Å². The van der Waals surface area contributed by atoms with Crippen molar-refractivity contribution in [3.05, 3.63) is 22.4 Å². The van der Waals surface area contributed by atoms with E-state index in [0.717, 1.165) is 25.3 Å². The number of likely N-dealkylation sites (tertiary alicyclic amines) is 1. The molecule has 1 saturated heterocycles. The van der Waals surface area contributed by atoms with Gasteiger partial charge in [0.25, 0.3) is 0 Å². The molecule has 0 radical (unpaired) electrons. The van der Waals surface area contributed by atoms with Crippen LogP contribution in [-0.4, -0.2) is 56.8 Å². The number of piperidine rings is 1. The highest BCUT2D eigenvalue weighted by Crippen LogP contribution is 2.17. The van der Waals surface area contributed by atoms with Gasteiger partial charge in [0.05, 0.1) is 7.11 Å². The molecule has 1 aromatic heterocycles. The number of rotatable bonds is 4. The lowest BCUT2D eigenvalue weighted by Gasteiger charge is -2.32. The van der Waals surface area contributed by atoms with Crippen LogP contribution in [0.3, 0.4) is 0 Å². The van der Waals surface area contributed by atoms with Crippen LogP contribution in [-0.2, 0) is 4.74 Å². The molecule has 0 spiro atoms. The molecule has 1 fully saturated rings. The van der Waals surface area contributed by atoms with E-state index in [0.29, 0.717) is 25.0 Å². The highest BCUT2D eigenvalue weighted by molar-refractivity contribution is 7.07. The van der Waals surface area contributed by atoms with E-state index in [1.807, 2.05) is 0 Å². The number of thiophene rings is 1. The first kappa shape index (κ1) is 17.6. The van der Waals surface area contributed by atoms with Gasteiger partial charge in [-0.05, 0) is 41.1 Å². The third-order valence-corrected chi connectivity index (χ3v) is 4.88. The summed E-state index contributed by atoms with van der Waals surface area (Å²) in [7, 11) is 3.21. The topological polar surface area (TPSA) is 66.0 Å². The largest absolute Gasteiger partial charge is 0.453 e. The highest BCUT2D eigenvalue weighted by Gasteiger charge is 2.23. The van der Waals surface area contributed by atoms with Gasteiger partial charge in [0.1, 0.15) is 0 Å². The van der Waals surface area contributed by atoms with Crippen LogP contribution < -0.4 is 10.6 Å². The van der Waals surface area contributed by atoms with Gasteiger partial charge in [-0.25, -0.2) is 4.79 Å². The van der Waals surface area contributed by atoms with Crippen molar-refractivity contribution in [3.8, 4) is 0 Å². The first-order chi connectivity index (χ1) is 11.1. The smallest absolute Gasteiger partial charge is 0.409 e. The summed E-state index contributed by atoms with van der Waals surface area (Å²) in [6.45, 7) is 4.48. The van der Waals surface area contributed by atoms with E-state index < -0.39 is 0 Å². The zero-order chi connectivity index (χ0) is 16.7. The van der Waals surface area contributed by atoms with Crippen LogP contribution in [0.2, 0.25) is 0 Å². The van der Waals surface area contributed by atoms with E-state index in [4.69, 9.17) is 4.74 Å². The van der Waals surface area contributed by atoms with E-state index in [1.54, 1.807) is 23.3 Å². The Balaban J connectivity index is 1.74. The average molecular weight is 338 g/mol. The van der Waals surface area contributed by atoms with Gasteiger partial charge >= 0.3 is 6.09 Å². The molecule has 6 nitrogen and oxygen atoms in total. The van der Waals surface area contributed by atoms with Gasteiger partial charge < -0.3 is 20.3 Å². The lowest BCUT2D eigenvalue weighted by molar-refractivity contribution is 0.111. The van der Waals surface area contributed by atoms with Crippen molar-refractivity contribution >= 4 is 23.4 Å². The van der Waals surface area contributed by atoms with Crippen molar-refractivity contribution in [2.75, 3.05) is 33.8 Å². The Morgan fingerprint density at radius 1 is 1.52 bits per heavy atom. The first-order valence-electron chi connectivity index (χ1n) is 7.96.